The van der Waals surface area contributed by atoms with E-state index in [9.17, 15) is 4.79 Å². The molecule has 3 aromatic rings. The average Bonchev–Trinajstić information content (AvgIpc) is 2.76. The van der Waals surface area contributed by atoms with Crippen molar-refractivity contribution in [3.05, 3.63) is 102 Å². The summed E-state index contributed by atoms with van der Waals surface area (Å²) in [6.07, 6.45) is 1.14. The number of aryl methyl sites for hydroxylation is 1. The molecule has 3 heteroatoms. The standard InChI is InChI=1S/C8H8O2.C8H10.C7H8O/c1-10-8(9)7-5-3-2-4-6-7;1-2-8-6-4-3-5-7-8;1-8-7-5-3-2-4-6-7/h2-6H,1H3;3-7H,2H2,1H3;2-6H,1H3. The number of esters is 1. The summed E-state index contributed by atoms with van der Waals surface area (Å²) in [6.45, 7) is 2.16. The monoisotopic (exact) mass is 350 g/mol. The van der Waals surface area contributed by atoms with Crippen molar-refractivity contribution in [2.45, 2.75) is 13.3 Å². The molecular formula is C23H26O3. The Kier molecular flexibility index (Phi) is 10.7. The van der Waals surface area contributed by atoms with Crippen LogP contribution in [-0.2, 0) is 11.2 Å². The van der Waals surface area contributed by atoms with Gasteiger partial charge in [0.2, 0.25) is 0 Å². The molecule has 0 bridgehead atoms. The Hall–Kier alpha value is -3.07. The van der Waals surface area contributed by atoms with E-state index in [0.29, 0.717) is 5.56 Å². The van der Waals surface area contributed by atoms with E-state index in [1.165, 1.54) is 12.7 Å². The predicted molar refractivity (Wildman–Crippen MR) is 107 cm³/mol. The van der Waals surface area contributed by atoms with Gasteiger partial charge in [-0.1, -0.05) is 73.7 Å². The van der Waals surface area contributed by atoms with E-state index in [-0.39, 0.29) is 5.97 Å². The lowest BCUT2D eigenvalue weighted by Crippen LogP contribution is -1.99. The SMILES string of the molecule is CCc1ccccc1.COC(=O)c1ccccc1.COc1ccccc1. The van der Waals surface area contributed by atoms with Gasteiger partial charge in [0.1, 0.15) is 5.75 Å². The number of carbonyl (C=O) groups is 1. The Bertz CT molecular complexity index is 671. The first-order chi connectivity index (χ1) is 12.7. The highest BCUT2D eigenvalue weighted by Crippen LogP contribution is 2.05. The lowest BCUT2D eigenvalue weighted by molar-refractivity contribution is 0.0600. The number of hydrogen-bond acceptors (Lipinski definition) is 3. The van der Waals surface area contributed by atoms with Crippen molar-refractivity contribution in [1.82, 2.24) is 0 Å². The molecule has 0 amide bonds. The molecular weight excluding hydrogens is 324 g/mol. The van der Waals surface area contributed by atoms with E-state index < -0.39 is 0 Å². The maximum atomic E-state index is 10.8. The summed E-state index contributed by atoms with van der Waals surface area (Å²) in [5.74, 6) is 0.619. The Morgan fingerprint density at radius 3 is 1.54 bits per heavy atom. The van der Waals surface area contributed by atoms with Crippen LogP contribution in [-0.4, -0.2) is 20.2 Å². The lowest BCUT2D eigenvalue weighted by atomic mass is 10.2. The van der Waals surface area contributed by atoms with Crippen molar-refractivity contribution < 1.29 is 14.3 Å². The van der Waals surface area contributed by atoms with Gasteiger partial charge in [0.15, 0.2) is 0 Å². The number of para-hydroxylation sites is 1. The minimum Gasteiger partial charge on any atom is -0.497 e. The number of carbonyl (C=O) groups excluding carboxylic acids is 1. The molecule has 3 aromatic carbocycles. The van der Waals surface area contributed by atoms with Crippen molar-refractivity contribution in [2.75, 3.05) is 14.2 Å². The molecule has 0 radical (unpaired) electrons. The Morgan fingerprint density at radius 2 is 1.19 bits per heavy atom. The summed E-state index contributed by atoms with van der Waals surface area (Å²) in [7, 11) is 3.03. The molecule has 0 saturated heterocycles. The molecule has 0 aliphatic heterocycles. The van der Waals surface area contributed by atoms with E-state index >= 15 is 0 Å². The van der Waals surface area contributed by atoms with Crippen LogP contribution in [0.4, 0.5) is 0 Å². The number of methoxy groups -OCH3 is 2. The topological polar surface area (TPSA) is 35.5 Å². The van der Waals surface area contributed by atoms with Gasteiger partial charge in [-0.3, -0.25) is 0 Å². The largest absolute Gasteiger partial charge is 0.497 e. The van der Waals surface area contributed by atoms with Crippen LogP contribution in [0, 0.1) is 0 Å². The van der Waals surface area contributed by atoms with Crippen LogP contribution < -0.4 is 4.74 Å². The van der Waals surface area contributed by atoms with Gasteiger partial charge < -0.3 is 9.47 Å². The molecule has 0 atom stereocenters. The molecule has 0 unspecified atom stereocenters. The molecule has 26 heavy (non-hydrogen) atoms. The lowest BCUT2D eigenvalue weighted by Gasteiger charge is -1.95. The maximum Gasteiger partial charge on any atom is 0.337 e. The van der Waals surface area contributed by atoms with Crippen molar-refractivity contribution in [2.24, 2.45) is 0 Å². The van der Waals surface area contributed by atoms with Crippen molar-refractivity contribution in [3.8, 4) is 5.75 Å². The summed E-state index contributed by atoms with van der Waals surface area (Å²) in [6, 6.07) is 29.0. The molecule has 3 nitrogen and oxygen atoms in total. The quantitative estimate of drug-likeness (QED) is 0.592. The second-order valence-electron chi connectivity index (χ2n) is 5.21. The molecule has 136 valence electrons. The number of ether oxygens (including phenoxy) is 2. The second kappa shape index (κ2) is 13.2. The Morgan fingerprint density at radius 1 is 0.731 bits per heavy atom. The molecule has 0 spiro atoms. The van der Waals surface area contributed by atoms with E-state index in [4.69, 9.17) is 4.74 Å². The van der Waals surface area contributed by atoms with Gasteiger partial charge in [0.05, 0.1) is 19.8 Å². The highest BCUT2D eigenvalue weighted by Gasteiger charge is 2.00. The molecule has 0 aliphatic rings. The van der Waals surface area contributed by atoms with Crippen LogP contribution in [0.15, 0.2) is 91.0 Å². The van der Waals surface area contributed by atoms with Gasteiger partial charge >= 0.3 is 5.97 Å². The summed E-state index contributed by atoms with van der Waals surface area (Å²) in [4.78, 5) is 10.8. The summed E-state index contributed by atoms with van der Waals surface area (Å²) in [5.41, 5.74) is 2.00. The zero-order chi connectivity index (χ0) is 19.0. The van der Waals surface area contributed by atoms with E-state index in [1.807, 2.05) is 42.5 Å². The summed E-state index contributed by atoms with van der Waals surface area (Å²) < 4.78 is 9.41. The zero-order valence-electron chi connectivity index (χ0n) is 15.6. The van der Waals surface area contributed by atoms with Gasteiger partial charge in [0.25, 0.3) is 0 Å². The Labute approximate surface area is 156 Å². The molecule has 0 aromatic heterocycles. The highest BCUT2D eigenvalue weighted by molar-refractivity contribution is 5.89. The van der Waals surface area contributed by atoms with Crippen LogP contribution >= 0.6 is 0 Å². The van der Waals surface area contributed by atoms with Gasteiger partial charge in [-0.05, 0) is 36.2 Å². The normalized spacial score (nSPS) is 8.88. The third kappa shape index (κ3) is 8.69. The van der Waals surface area contributed by atoms with E-state index in [0.717, 1.165) is 12.2 Å². The van der Waals surface area contributed by atoms with Gasteiger partial charge in [-0.25, -0.2) is 4.79 Å². The minimum absolute atomic E-state index is 0.291. The Balaban J connectivity index is 0.000000197. The van der Waals surface area contributed by atoms with Crippen molar-refractivity contribution >= 4 is 5.97 Å². The van der Waals surface area contributed by atoms with Crippen LogP contribution in [0.5, 0.6) is 5.75 Å². The third-order valence-corrected chi connectivity index (χ3v) is 3.42. The van der Waals surface area contributed by atoms with E-state index in [2.05, 4.69) is 35.9 Å². The highest BCUT2D eigenvalue weighted by atomic mass is 16.5. The predicted octanol–water partition coefficient (Wildman–Crippen LogP) is 5.42. The fourth-order valence-corrected chi connectivity index (χ4v) is 1.96. The number of hydrogen-bond donors (Lipinski definition) is 0. The van der Waals surface area contributed by atoms with Gasteiger partial charge in [-0.15, -0.1) is 0 Å². The molecule has 3 rings (SSSR count). The summed E-state index contributed by atoms with van der Waals surface area (Å²) >= 11 is 0. The average molecular weight is 350 g/mol. The fourth-order valence-electron chi connectivity index (χ4n) is 1.96. The molecule has 0 saturated carbocycles. The second-order valence-corrected chi connectivity index (χ2v) is 5.21. The zero-order valence-corrected chi connectivity index (χ0v) is 15.6. The maximum absolute atomic E-state index is 10.8. The van der Waals surface area contributed by atoms with Crippen LogP contribution in [0.25, 0.3) is 0 Å². The van der Waals surface area contributed by atoms with Crippen LogP contribution in [0.2, 0.25) is 0 Å². The molecule has 0 heterocycles. The molecule has 0 N–H and O–H groups in total. The first kappa shape index (κ1) is 21.0. The number of rotatable bonds is 3. The van der Waals surface area contributed by atoms with Crippen molar-refractivity contribution in [3.63, 3.8) is 0 Å². The van der Waals surface area contributed by atoms with Crippen molar-refractivity contribution in [1.29, 1.82) is 0 Å². The smallest absolute Gasteiger partial charge is 0.337 e. The fraction of sp³-hybridized carbons (Fsp3) is 0.174. The van der Waals surface area contributed by atoms with Crippen LogP contribution in [0.1, 0.15) is 22.8 Å². The first-order valence-corrected chi connectivity index (χ1v) is 8.47. The molecule has 0 aliphatic carbocycles. The van der Waals surface area contributed by atoms with Gasteiger partial charge in [0, 0.05) is 0 Å². The first-order valence-electron chi connectivity index (χ1n) is 8.47. The summed E-state index contributed by atoms with van der Waals surface area (Å²) in [5, 5.41) is 0. The van der Waals surface area contributed by atoms with Gasteiger partial charge in [-0.2, -0.15) is 0 Å². The number of benzene rings is 3. The van der Waals surface area contributed by atoms with E-state index in [1.54, 1.807) is 31.4 Å². The minimum atomic E-state index is -0.291. The molecule has 0 fully saturated rings. The van der Waals surface area contributed by atoms with Crippen LogP contribution in [0.3, 0.4) is 0 Å². The third-order valence-electron chi connectivity index (χ3n) is 3.42.